The molecule has 0 fully saturated rings. The molecule has 0 bridgehead atoms. The Labute approximate surface area is 122 Å². The number of ether oxygens (including phenoxy) is 1. The van der Waals surface area contributed by atoms with Gasteiger partial charge in [0.25, 0.3) is 0 Å². The van der Waals surface area contributed by atoms with Crippen LogP contribution in [0.4, 0.5) is 5.82 Å². The SMILES string of the molecule is C[B]P=Nc1nc(OCCCC)nn2c(Br)cnc12. The van der Waals surface area contributed by atoms with Gasteiger partial charge >= 0.3 is 6.01 Å². The van der Waals surface area contributed by atoms with Crippen molar-refractivity contribution in [2.45, 2.75) is 26.6 Å². The highest BCUT2D eigenvalue weighted by atomic mass is 79.9. The van der Waals surface area contributed by atoms with Crippen LogP contribution in [0.1, 0.15) is 19.8 Å². The Bertz CT molecular complexity index is 591. The van der Waals surface area contributed by atoms with Gasteiger partial charge < -0.3 is 4.74 Å². The minimum atomic E-state index is 0.324. The average molecular weight is 341 g/mol. The van der Waals surface area contributed by atoms with Crippen LogP contribution in [-0.2, 0) is 0 Å². The number of fused-ring (bicyclic) bond motifs is 1. The van der Waals surface area contributed by atoms with Crippen molar-refractivity contribution in [1.82, 2.24) is 19.6 Å². The first-order valence-electron chi connectivity index (χ1n) is 5.99. The zero-order valence-corrected chi connectivity index (χ0v) is 13.2. The molecule has 0 unspecified atom stereocenters. The third-order valence-corrected chi connectivity index (χ3v) is 3.36. The Morgan fingerprint density at radius 2 is 2.42 bits per heavy atom. The second-order valence-corrected chi connectivity index (χ2v) is 5.47. The van der Waals surface area contributed by atoms with Crippen molar-refractivity contribution in [2.24, 2.45) is 4.74 Å². The Balaban J connectivity index is 2.37. The number of hydrogen-bond acceptors (Lipinski definition) is 5. The van der Waals surface area contributed by atoms with Gasteiger partial charge in [-0.25, -0.2) is 9.73 Å². The topological polar surface area (TPSA) is 64.7 Å². The van der Waals surface area contributed by atoms with Crippen LogP contribution in [0.15, 0.2) is 15.5 Å². The van der Waals surface area contributed by atoms with Gasteiger partial charge in [0, 0.05) is 0 Å². The quantitative estimate of drug-likeness (QED) is 0.458. The third kappa shape index (κ3) is 3.51. The minimum absolute atomic E-state index is 0.324. The third-order valence-electron chi connectivity index (χ3n) is 2.28. The first-order valence-corrected chi connectivity index (χ1v) is 7.70. The van der Waals surface area contributed by atoms with E-state index in [1.54, 1.807) is 10.7 Å². The van der Waals surface area contributed by atoms with Crippen molar-refractivity contribution in [3.05, 3.63) is 10.8 Å². The molecule has 0 aliphatic carbocycles. The molecule has 2 heterocycles. The summed E-state index contributed by atoms with van der Waals surface area (Å²) in [6.07, 6.45) is 3.71. The highest BCUT2D eigenvalue weighted by Crippen LogP contribution is 2.24. The van der Waals surface area contributed by atoms with E-state index >= 15 is 0 Å². The molecule has 99 valence electrons. The van der Waals surface area contributed by atoms with E-state index < -0.39 is 0 Å². The van der Waals surface area contributed by atoms with Crippen molar-refractivity contribution < 1.29 is 4.74 Å². The number of unbranched alkanes of at least 4 members (excludes halogenated alkanes) is 1. The number of imidazole rings is 1. The number of halogens is 1. The highest BCUT2D eigenvalue weighted by Gasteiger charge is 2.11. The standard InChI is InChI=1S/C10H13BBrN5OP/c1-3-4-5-18-10-14-8(16-19-11-2)9-13-6-7(12)17(9)15-10/h6H,3-5H2,1-2H3. The lowest BCUT2D eigenvalue weighted by Crippen LogP contribution is -2.04. The molecular weight excluding hydrogens is 328 g/mol. The van der Waals surface area contributed by atoms with E-state index in [0.29, 0.717) is 24.1 Å². The lowest BCUT2D eigenvalue weighted by molar-refractivity contribution is 0.280. The maximum Gasteiger partial charge on any atom is 0.336 e. The lowest BCUT2D eigenvalue weighted by atomic mass is 10.2. The van der Waals surface area contributed by atoms with Crippen LogP contribution in [0.3, 0.4) is 0 Å². The monoisotopic (exact) mass is 340 g/mol. The van der Waals surface area contributed by atoms with Crippen molar-refractivity contribution in [3.8, 4) is 6.01 Å². The molecular formula is C10H13BBrN5OP. The number of aromatic nitrogens is 4. The molecule has 1 radical (unpaired) electrons. The summed E-state index contributed by atoms with van der Waals surface area (Å²) >= 11 is 3.39. The van der Waals surface area contributed by atoms with Gasteiger partial charge in [0.2, 0.25) is 18.5 Å². The molecule has 0 saturated carbocycles. The van der Waals surface area contributed by atoms with Gasteiger partial charge in [-0.1, -0.05) is 20.2 Å². The van der Waals surface area contributed by atoms with Crippen LogP contribution < -0.4 is 4.74 Å². The average Bonchev–Trinajstić information content (AvgIpc) is 2.78. The fraction of sp³-hybridized carbons (Fsp3) is 0.500. The summed E-state index contributed by atoms with van der Waals surface area (Å²) in [4.78, 5) is 8.52. The fourth-order valence-corrected chi connectivity index (χ4v) is 2.08. The zero-order chi connectivity index (χ0) is 13.7. The minimum Gasteiger partial charge on any atom is -0.462 e. The Kier molecular flexibility index (Phi) is 5.28. The summed E-state index contributed by atoms with van der Waals surface area (Å²) in [6, 6.07) is 0.324. The van der Waals surface area contributed by atoms with Gasteiger partial charge in [0.15, 0.2) is 0 Å². The normalized spacial score (nSPS) is 11.3. The predicted octanol–water partition coefficient (Wildman–Crippen LogP) is 3.49. The van der Waals surface area contributed by atoms with Gasteiger partial charge in [-0.05, 0) is 30.6 Å². The Morgan fingerprint density at radius 3 is 3.16 bits per heavy atom. The smallest absolute Gasteiger partial charge is 0.336 e. The fourth-order valence-electron chi connectivity index (χ4n) is 1.37. The van der Waals surface area contributed by atoms with E-state index in [4.69, 9.17) is 4.74 Å². The Hall–Kier alpha value is -1.01. The number of hydrogen-bond donors (Lipinski definition) is 0. The van der Waals surface area contributed by atoms with E-state index in [1.165, 1.54) is 0 Å². The summed E-state index contributed by atoms with van der Waals surface area (Å²) in [5, 5.41) is 4.28. The molecule has 2 aromatic rings. The summed E-state index contributed by atoms with van der Waals surface area (Å²) < 4.78 is 12.3. The summed E-state index contributed by atoms with van der Waals surface area (Å²) in [5.74, 6) is 0.534. The van der Waals surface area contributed by atoms with E-state index in [9.17, 15) is 0 Å². The van der Waals surface area contributed by atoms with E-state index in [0.717, 1.165) is 25.7 Å². The summed E-state index contributed by atoms with van der Waals surface area (Å²) in [7, 11) is 0.829. The molecule has 0 atom stereocenters. The molecule has 0 amide bonds. The molecule has 0 aliphatic rings. The predicted molar refractivity (Wildman–Crippen MR) is 79.5 cm³/mol. The first-order chi connectivity index (χ1) is 9.26. The van der Waals surface area contributed by atoms with E-state index in [1.807, 2.05) is 13.8 Å². The van der Waals surface area contributed by atoms with Gasteiger partial charge in [0.1, 0.15) is 4.60 Å². The van der Waals surface area contributed by atoms with Crippen LogP contribution in [0.2, 0.25) is 6.82 Å². The van der Waals surface area contributed by atoms with Gasteiger partial charge in [-0.15, -0.1) is 5.10 Å². The molecule has 0 aromatic carbocycles. The molecule has 0 spiro atoms. The van der Waals surface area contributed by atoms with E-state index in [-0.39, 0.29) is 0 Å². The molecule has 19 heavy (non-hydrogen) atoms. The van der Waals surface area contributed by atoms with Crippen LogP contribution in [0.25, 0.3) is 5.65 Å². The second-order valence-electron chi connectivity index (χ2n) is 3.71. The summed E-state index contributed by atoms with van der Waals surface area (Å²) in [5.41, 5.74) is 0.615. The molecule has 6 nitrogen and oxygen atoms in total. The molecule has 0 saturated heterocycles. The lowest BCUT2D eigenvalue weighted by Gasteiger charge is -2.05. The maximum atomic E-state index is 5.53. The molecule has 2 aromatic heterocycles. The van der Waals surface area contributed by atoms with Gasteiger partial charge in [-0.2, -0.15) is 9.50 Å². The van der Waals surface area contributed by atoms with Crippen LogP contribution in [0, 0.1) is 0 Å². The second kappa shape index (κ2) is 6.96. The zero-order valence-electron chi connectivity index (χ0n) is 10.7. The van der Waals surface area contributed by atoms with Gasteiger partial charge in [-0.3, -0.25) is 0 Å². The molecule has 2 rings (SSSR count). The molecule has 9 heteroatoms. The molecule has 0 aliphatic heterocycles. The van der Waals surface area contributed by atoms with Crippen molar-refractivity contribution in [3.63, 3.8) is 0 Å². The largest absolute Gasteiger partial charge is 0.462 e. The van der Waals surface area contributed by atoms with E-state index in [2.05, 4.69) is 42.7 Å². The first kappa shape index (κ1) is 14.4. The Morgan fingerprint density at radius 1 is 1.58 bits per heavy atom. The highest BCUT2D eigenvalue weighted by molar-refractivity contribution is 9.10. The number of rotatable bonds is 6. The molecule has 0 N–H and O–H groups in total. The van der Waals surface area contributed by atoms with Crippen LogP contribution >= 0.6 is 24.2 Å². The van der Waals surface area contributed by atoms with Crippen LogP contribution in [0.5, 0.6) is 6.01 Å². The van der Waals surface area contributed by atoms with Crippen molar-refractivity contribution in [1.29, 1.82) is 0 Å². The maximum absolute atomic E-state index is 5.53. The van der Waals surface area contributed by atoms with Crippen molar-refractivity contribution >= 4 is 42.6 Å². The van der Waals surface area contributed by atoms with Crippen LogP contribution in [-0.4, -0.2) is 33.2 Å². The van der Waals surface area contributed by atoms with Crippen molar-refractivity contribution in [2.75, 3.05) is 6.61 Å². The number of nitrogens with zero attached hydrogens (tertiary/aromatic N) is 5. The van der Waals surface area contributed by atoms with Gasteiger partial charge in [0.05, 0.1) is 12.8 Å². The summed E-state index contributed by atoms with van der Waals surface area (Å²) in [6.45, 7) is 6.57.